The molecule has 1 amide bonds. The van der Waals surface area contributed by atoms with Crippen LogP contribution in [0.4, 0.5) is 4.39 Å². The summed E-state index contributed by atoms with van der Waals surface area (Å²) < 4.78 is 24.0. The highest BCUT2D eigenvalue weighted by Gasteiger charge is 2.06. The average Bonchev–Trinajstić information content (AvgIpc) is 2.66. The van der Waals surface area contributed by atoms with Gasteiger partial charge in [0.15, 0.2) is 11.5 Å². The van der Waals surface area contributed by atoms with Gasteiger partial charge in [0.1, 0.15) is 5.82 Å². The third kappa shape index (κ3) is 6.04. The van der Waals surface area contributed by atoms with E-state index in [0.29, 0.717) is 30.0 Å². The van der Waals surface area contributed by atoms with Crippen molar-refractivity contribution in [3.63, 3.8) is 0 Å². The number of ether oxygens (including phenoxy) is 2. The van der Waals surface area contributed by atoms with Crippen LogP contribution < -0.4 is 20.1 Å². The van der Waals surface area contributed by atoms with Gasteiger partial charge >= 0.3 is 0 Å². The second kappa shape index (κ2) is 10.4. The number of carbonyl (C=O) groups is 1. The van der Waals surface area contributed by atoms with Crippen molar-refractivity contribution < 1.29 is 18.7 Å². The number of hydrogen-bond donors (Lipinski definition) is 2. The summed E-state index contributed by atoms with van der Waals surface area (Å²) in [5, 5.41) is 5.96. The molecule has 0 aromatic heterocycles. The first-order chi connectivity index (χ1) is 12.6. The van der Waals surface area contributed by atoms with Crippen LogP contribution >= 0.6 is 0 Å². The minimum absolute atomic E-state index is 0.105. The van der Waals surface area contributed by atoms with E-state index in [1.165, 1.54) is 6.07 Å². The lowest BCUT2D eigenvalue weighted by Crippen LogP contribution is -2.28. The Labute approximate surface area is 153 Å². The van der Waals surface area contributed by atoms with Gasteiger partial charge in [-0.25, -0.2) is 4.39 Å². The maximum absolute atomic E-state index is 13.5. The second-order valence-electron chi connectivity index (χ2n) is 5.81. The van der Waals surface area contributed by atoms with E-state index in [0.717, 1.165) is 18.5 Å². The smallest absolute Gasteiger partial charge is 0.221 e. The number of carbonyl (C=O) groups excluding carboxylic acids is 1. The minimum atomic E-state index is -0.305. The Morgan fingerprint density at radius 3 is 2.54 bits per heavy atom. The van der Waals surface area contributed by atoms with Crippen molar-refractivity contribution >= 4 is 5.91 Å². The fourth-order valence-corrected chi connectivity index (χ4v) is 2.52. The Kier molecular flexibility index (Phi) is 7.89. The summed E-state index contributed by atoms with van der Waals surface area (Å²) >= 11 is 0. The van der Waals surface area contributed by atoms with Crippen LogP contribution in [0.25, 0.3) is 0 Å². The van der Waals surface area contributed by atoms with E-state index in [2.05, 4.69) is 10.6 Å². The third-order valence-electron chi connectivity index (χ3n) is 4.00. The standard InChI is InChI=1S/C20H25FN2O3/c1-25-18-8-7-15(13-19(18)26-2)9-11-22-12-10-20(24)23-14-16-5-3-4-6-17(16)21/h3-8,13,22H,9-12,14H2,1-2H3,(H,23,24). The summed E-state index contributed by atoms with van der Waals surface area (Å²) in [4.78, 5) is 11.8. The van der Waals surface area contributed by atoms with Crippen molar-refractivity contribution in [1.82, 2.24) is 10.6 Å². The predicted octanol–water partition coefficient (Wildman–Crippen LogP) is 2.68. The Morgan fingerprint density at radius 2 is 1.81 bits per heavy atom. The summed E-state index contributed by atoms with van der Waals surface area (Å²) in [7, 11) is 3.22. The number of amides is 1. The monoisotopic (exact) mass is 360 g/mol. The molecule has 0 spiro atoms. The third-order valence-corrected chi connectivity index (χ3v) is 4.00. The van der Waals surface area contributed by atoms with Gasteiger partial charge < -0.3 is 20.1 Å². The van der Waals surface area contributed by atoms with Crippen LogP contribution in [0.15, 0.2) is 42.5 Å². The molecule has 2 N–H and O–H groups in total. The van der Waals surface area contributed by atoms with Gasteiger partial charge in [0.2, 0.25) is 5.91 Å². The van der Waals surface area contributed by atoms with Crippen LogP contribution in [0.1, 0.15) is 17.5 Å². The maximum Gasteiger partial charge on any atom is 0.221 e. The van der Waals surface area contributed by atoms with E-state index < -0.39 is 0 Å². The first-order valence-corrected chi connectivity index (χ1v) is 8.55. The molecule has 140 valence electrons. The molecule has 0 aliphatic carbocycles. The lowest BCUT2D eigenvalue weighted by atomic mass is 10.1. The highest BCUT2D eigenvalue weighted by molar-refractivity contribution is 5.76. The van der Waals surface area contributed by atoms with Gasteiger partial charge in [-0.2, -0.15) is 0 Å². The summed E-state index contributed by atoms with van der Waals surface area (Å²) in [5.74, 6) is 1.00. The summed E-state index contributed by atoms with van der Waals surface area (Å²) in [6, 6.07) is 12.2. The van der Waals surface area contributed by atoms with Crippen molar-refractivity contribution in [2.24, 2.45) is 0 Å². The zero-order valence-corrected chi connectivity index (χ0v) is 15.2. The van der Waals surface area contributed by atoms with E-state index in [-0.39, 0.29) is 18.3 Å². The van der Waals surface area contributed by atoms with E-state index in [1.807, 2.05) is 18.2 Å². The molecule has 6 heteroatoms. The molecule has 0 radical (unpaired) electrons. The van der Waals surface area contributed by atoms with Crippen molar-refractivity contribution in [2.75, 3.05) is 27.3 Å². The van der Waals surface area contributed by atoms with Crippen LogP contribution in [0, 0.1) is 5.82 Å². The molecule has 0 saturated heterocycles. The molecular weight excluding hydrogens is 335 g/mol. The van der Waals surface area contributed by atoms with Gasteiger partial charge in [0.05, 0.1) is 14.2 Å². The highest BCUT2D eigenvalue weighted by atomic mass is 19.1. The lowest BCUT2D eigenvalue weighted by Gasteiger charge is -2.10. The van der Waals surface area contributed by atoms with E-state index in [1.54, 1.807) is 32.4 Å². The first-order valence-electron chi connectivity index (χ1n) is 8.55. The first kappa shape index (κ1) is 19.7. The van der Waals surface area contributed by atoms with Crippen molar-refractivity contribution in [1.29, 1.82) is 0 Å². The predicted molar refractivity (Wildman–Crippen MR) is 99.0 cm³/mol. The second-order valence-corrected chi connectivity index (χ2v) is 5.81. The lowest BCUT2D eigenvalue weighted by molar-refractivity contribution is -0.121. The Hall–Kier alpha value is -2.60. The number of methoxy groups -OCH3 is 2. The SMILES string of the molecule is COc1ccc(CCNCCC(=O)NCc2ccccc2F)cc1OC. The molecule has 2 aromatic carbocycles. The molecular formula is C20H25FN2O3. The molecule has 0 aliphatic heterocycles. The maximum atomic E-state index is 13.5. The fraction of sp³-hybridized carbons (Fsp3) is 0.350. The quantitative estimate of drug-likeness (QED) is 0.640. The molecule has 0 saturated carbocycles. The van der Waals surface area contributed by atoms with Crippen LogP contribution in [0.5, 0.6) is 11.5 Å². The van der Waals surface area contributed by atoms with Crippen molar-refractivity contribution in [3.8, 4) is 11.5 Å². The van der Waals surface area contributed by atoms with Gasteiger partial charge in [-0.3, -0.25) is 4.79 Å². The molecule has 0 atom stereocenters. The minimum Gasteiger partial charge on any atom is -0.493 e. The Morgan fingerprint density at radius 1 is 1.04 bits per heavy atom. The topological polar surface area (TPSA) is 59.6 Å². The molecule has 5 nitrogen and oxygen atoms in total. The van der Waals surface area contributed by atoms with Gasteiger partial charge in [0, 0.05) is 25.1 Å². The van der Waals surface area contributed by atoms with Crippen molar-refractivity contribution in [2.45, 2.75) is 19.4 Å². The van der Waals surface area contributed by atoms with Gasteiger partial charge in [-0.05, 0) is 36.7 Å². The molecule has 0 unspecified atom stereocenters. The van der Waals surface area contributed by atoms with E-state index >= 15 is 0 Å². The molecule has 0 fully saturated rings. The summed E-state index contributed by atoms with van der Waals surface area (Å²) in [5.41, 5.74) is 1.61. The molecule has 26 heavy (non-hydrogen) atoms. The van der Waals surface area contributed by atoms with Gasteiger partial charge in [-0.15, -0.1) is 0 Å². The fourth-order valence-electron chi connectivity index (χ4n) is 2.52. The molecule has 2 aromatic rings. The molecule has 0 heterocycles. The van der Waals surface area contributed by atoms with Crippen LogP contribution in [-0.4, -0.2) is 33.2 Å². The van der Waals surface area contributed by atoms with E-state index in [9.17, 15) is 9.18 Å². The summed E-state index contributed by atoms with van der Waals surface area (Å²) in [6.07, 6.45) is 1.16. The molecule has 0 aliphatic rings. The number of nitrogens with one attached hydrogen (secondary N) is 2. The number of halogens is 1. The van der Waals surface area contributed by atoms with Crippen LogP contribution in [-0.2, 0) is 17.8 Å². The van der Waals surface area contributed by atoms with Crippen molar-refractivity contribution in [3.05, 3.63) is 59.4 Å². The van der Waals surface area contributed by atoms with Gasteiger partial charge in [-0.1, -0.05) is 24.3 Å². The summed E-state index contributed by atoms with van der Waals surface area (Å²) in [6.45, 7) is 1.52. The number of rotatable bonds is 10. The normalized spacial score (nSPS) is 10.4. The van der Waals surface area contributed by atoms with E-state index in [4.69, 9.17) is 9.47 Å². The Bertz CT molecular complexity index is 722. The molecule has 0 bridgehead atoms. The van der Waals surface area contributed by atoms with Gasteiger partial charge in [0.25, 0.3) is 0 Å². The number of benzene rings is 2. The Balaban J connectivity index is 1.64. The van der Waals surface area contributed by atoms with Crippen LogP contribution in [0.3, 0.4) is 0 Å². The largest absolute Gasteiger partial charge is 0.493 e. The zero-order chi connectivity index (χ0) is 18.8. The molecule has 2 rings (SSSR count). The highest BCUT2D eigenvalue weighted by Crippen LogP contribution is 2.27. The van der Waals surface area contributed by atoms with Crippen LogP contribution in [0.2, 0.25) is 0 Å². The number of hydrogen-bond acceptors (Lipinski definition) is 4. The zero-order valence-electron chi connectivity index (χ0n) is 15.2. The average molecular weight is 360 g/mol.